The smallest absolute Gasteiger partial charge is 0.143 e. The van der Waals surface area contributed by atoms with Crippen molar-refractivity contribution in [3.8, 4) is 0 Å². The zero-order chi connectivity index (χ0) is 11.8. The van der Waals surface area contributed by atoms with Gasteiger partial charge in [0.2, 0.25) is 0 Å². The van der Waals surface area contributed by atoms with Crippen molar-refractivity contribution >= 4 is 11.6 Å². The minimum Gasteiger partial charge on any atom is -0.300 e. The van der Waals surface area contributed by atoms with Crippen LogP contribution in [-0.2, 0) is 9.59 Å². The second-order valence-corrected chi connectivity index (χ2v) is 5.03. The Morgan fingerprint density at radius 3 is 2.44 bits per heavy atom. The number of allylic oxidation sites excluding steroid dienone is 2. The monoisotopic (exact) mass is 218 g/mol. The topological polar surface area (TPSA) is 34.1 Å². The van der Waals surface area contributed by atoms with Gasteiger partial charge < -0.3 is 0 Å². The molecule has 86 valence electrons. The summed E-state index contributed by atoms with van der Waals surface area (Å²) in [5.74, 6) is 0.508. The normalized spacial score (nSPS) is 39.0. The Balaban J connectivity index is 2.52. The first-order valence-electron chi connectivity index (χ1n) is 5.92. The number of ketones is 2. The minimum absolute atomic E-state index is 0.251. The number of carbonyl (C=O) groups is 2. The first-order chi connectivity index (χ1) is 7.60. The molecular weight excluding hydrogens is 200 g/mol. The molecule has 0 aromatic heterocycles. The third kappa shape index (κ3) is 1.25. The molecule has 2 fully saturated rings. The molecular formula is C14H18O2. The average Bonchev–Trinajstić information content (AvgIpc) is 2.29. The van der Waals surface area contributed by atoms with Gasteiger partial charge in [0.15, 0.2) is 0 Å². The largest absolute Gasteiger partial charge is 0.300 e. The summed E-state index contributed by atoms with van der Waals surface area (Å²) in [5, 5.41) is 0. The van der Waals surface area contributed by atoms with E-state index in [0.717, 1.165) is 12.8 Å². The molecule has 0 heterocycles. The third-order valence-electron chi connectivity index (χ3n) is 4.46. The fraction of sp³-hybridized carbons (Fsp3) is 0.571. The second-order valence-electron chi connectivity index (χ2n) is 5.03. The Morgan fingerprint density at radius 2 is 1.81 bits per heavy atom. The van der Waals surface area contributed by atoms with Crippen molar-refractivity contribution in [2.45, 2.75) is 38.5 Å². The molecule has 2 aliphatic carbocycles. The van der Waals surface area contributed by atoms with Crippen molar-refractivity contribution < 1.29 is 9.59 Å². The molecule has 2 aliphatic rings. The van der Waals surface area contributed by atoms with E-state index in [-0.39, 0.29) is 17.0 Å². The van der Waals surface area contributed by atoms with Crippen molar-refractivity contribution in [2.75, 3.05) is 0 Å². The van der Waals surface area contributed by atoms with Gasteiger partial charge in [0.1, 0.15) is 11.6 Å². The summed E-state index contributed by atoms with van der Waals surface area (Å²) in [6.07, 6.45) is 7.59. The molecule has 0 aliphatic heterocycles. The first kappa shape index (κ1) is 11.3. The molecule has 0 aromatic carbocycles. The molecule has 0 aromatic rings. The van der Waals surface area contributed by atoms with Crippen LogP contribution in [0.2, 0.25) is 0 Å². The van der Waals surface area contributed by atoms with E-state index in [1.807, 2.05) is 6.08 Å². The fourth-order valence-corrected chi connectivity index (χ4v) is 3.47. The van der Waals surface area contributed by atoms with E-state index >= 15 is 0 Å². The highest BCUT2D eigenvalue weighted by Gasteiger charge is 2.56. The van der Waals surface area contributed by atoms with Crippen LogP contribution in [0, 0.1) is 10.8 Å². The zero-order valence-corrected chi connectivity index (χ0v) is 9.63. The van der Waals surface area contributed by atoms with Crippen LogP contribution in [0.4, 0.5) is 0 Å². The quantitative estimate of drug-likeness (QED) is 0.668. The molecule has 0 amide bonds. The molecule has 0 saturated heterocycles. The maximum Gasteiger partial charge on any atom is 0.143 e. The summed E-state index contributed by atoms with van der Waals surface area (Å²) >= 11 is 0. The Labute approximate surface area is 96.4 Å². The van der Waals surface area contributed by atoms with Crippen LogP contribution in [0.1, 0.15) is 38.5 Å². The van der Waals surface area contributed by atoms with E-state index in [9.17, 15) is 9.59 Å². The number of hydrogen-bond acceptors (Lipinski definition) is 2. The van der Waals surface area contributed by atoms with Gasteiger partial charge in [-0.25, -0.2) is 0 Å². The number of hydrogen-bond donors (Lipinski definition) is 0. The molecule has 2 heteroatoms. The van der Waals surface area contributed by atoms with Gasteiger partial charge in [-0.05, 0) is 19.3 Å². The average molecular weight is 218 g/mol. The van der Waals surface area contributed by atoms with Gasteiger partial charge >= 0.3 is 0 Å². The molecule has 0 unspecified atom stereocenters. The fourth-order valence-electron chi connectivity index (χ4n) is 3.47. The van der Waals surface area contributed by atoms with Crippen LogP contribution >= 0.6 is 0 Å². The Kier molecular flexibility index (Phi) is 2.61. The van der Waals surface area contributed by atoms with Crippen LogP contribution in [0.25, 0.3) is 0 Å². The van der Waals surface area contributed by atoms with Gasteiger partial charge in [-0.1, -0.05) is 12.2 Å². The highest BCUT2D eigenvalue weighted by Crippen LogP contribution is 2.57. The van der Waals surface area contributed by atoms with E-state index in [1.54, 1.807) is 6.08 Å². The molecule has 2 nitrogen and oxygen atoms in total. The van der Waals surface area contributed by atoms with Gasteiger partial charge in [0, 0.05) is 24.7 Å². The molecule has 2 saturated carbocycles. The molecule has 0 spiro atoms. The number of rotatable bonds is 2. The van der Waals surface area contributed by atoms with E-state index in [0.29, 0.717) is 25.7 Å². The summed E-state index contributed by atoms with van der Waals surface area (Å²) in [5.41, 5.74) is -0.861. The molecule has 0 bridgehead atoms. The van der Waals surface area contributed by atoms with E-state index in [2.05, 4.69) is 13.2 Å². The standard InChI is InChI=1S/C14H18O2/c1-3-13-8-5-6-12(16)14(13,4-2)9-7-11(15)10-13/h3-4H,1-2,5-10H2/t13-,14-/m0/s1. The van der Waals surface area contributed by atoms with Crippen LogP contribution in [0.5, 0.6) is 0 Å². The number of fused-ring (bicyclic) bond motifs is 1. The predicted octanol–water partition coefficient (Wildman–Crippen LogP) is 2.84. The maximum absolute atomic E-state index is 12.2. The first-order valence-corrected chi connectivity index (χ1v) is 5.92. The van der Waals surface area contributed by atoms with Crippen LogP contribution < -0.4 is 0 Å². The second kappa shape index (κ2) is 3.69. The van der Waals surface area contributed by atoms with Crippen molar-refractivity contribution in [3.05, 3.63) is 25.3 Å². The summed E-state index contributed by atoms with van der Waals surface area (Å²) in [4.78, 5) is 23.9. The van der Waals surface area contributed by atoms with Crippen LogP contribution in [-0.4, -0.2) is 11.6 Å². The van der Waals surface area contributed by atoms with Crippen molar-refractivity contribution in [1.29, 1.82) is 0 Å². The van der Waals surface area contributed by atoms with E-state index in [1.165, 1.54) is 0 Å². The van der Waals surface area contributed by atoms with E-state index < -0.39 is 5.41 Å². The van der Waals surface area contributed by atoms with Crippen LogP contribution in [0.3, 0.4) is 0 Å². The van der Waals surface area contributed by atoms with Gasteiger partial charge in [-0.3, -0.25) is 9.59 Å². The minimum atomic E-state index is -0.513. The lowest BCUT2D eigenvalue weighted by atomic mass is 9.49. The van der Waals surface area contributed by atoms with Crippen LogP contribution in [0.15, 0.2) is 25.3 Å². The number of carbonyl (C=O) groups excluding carboxylic acids is 2. The van der Waals surface area contributed by atoms with Crippen molar-refractivity contribution in [1.82, 2.24) is 0 Å². The molecule has 0 N–H and O–H groups in total. The van der Waals surface area contributed by atoms with E-state index in [4.69, 9.17) is 0 Å². The number of Topliss-reactive ketones (excluding diaryl/α,β-unsaturated/α-hetero) is 2. The molecule has 2 rings (SSSR count). The lowest BCUT2D eigenvalue weighted by Gasteiger charge is -2.52. The Bertz CT molecular complexity index is 369. The van der Waals surface area contributed by atoms with Gasteiger partial charge in [-0.2, -0.15) is 0 Å². The highest BCUT2D eigenvalue weighted by atomic mass is 16.1. The highest BCUT2D eigenvalue weighted by molar-refractivity contribution is 5.93. The Morgan fingerprint density at radius 1 is 1.06 bits per heavy atom. The summed E-state index contributed by atoms with van der Waals surface area (Å²) in [6.45, 7) is 7.72. The summed E-state index contributed by atoms with van der Waals surface area (Å²) in [7, 11) is 0. The predicted molar refractivity (Wildman–Crippen MR) is 63.0 cm³/mol. The zero-order valence-electron chi connectivity index (χ0n) is 9.63. The third-order valence-corrected chi connectivity index (χ3v) is 4.46. The van der Waals surface area contributed by atoms with Gasteiger partial charge in [0.05, 0.1) is 5.41 Å². The van der Waals surface area contributed by atoms with Crippen molar-refractivity contribution in [2.24, 2.45) is 10.8 Å². The summed E-state index contributed by atoms with van der Waals surface area (Å²) in [6, 6.07) is 0. The Hall–Kier alpha value is -1.18. The lowest BCUT2D eigenvalue weighted by Crippen LogP contribution is -2.52. The van der Waals surface area contributed by atoms with Crippen molar-refractivity contribution in [3.63, 3.8) is 0 Å². The summed E-state index contributed by atoms with van der Waals surface area (Å²) < 4.78 is 0. The molecule has 2 atom stereocenters. The molecule has 16 heavy (non-hydrogen) atoms. The van der Waals surface area contributed by atoms with Gasteiger partial charge in [0.25, 0.3) is 0 Å². The lowest BCUT2D eigenvalue weighted by molar-refractivity contribution is -0.143. The van der Waals surface area contributed by atoms with Gasteiger partial charge in [-0.15, -0.1) is 13.2 Å². The SMILES string of the molecule is C=C[C@@]12CCCC(=O)[C@]1(C=C)CCC(=O)C2. The molecule has 0 radical (unpaired) electrons. The maximum atomic E-state index is 12.2.